The molecule has 0 radical (unpaired) electrons. The van der Waals surface area contributed by atoms with Crippen molar-refractivity contribution in [2.24, 2.45) is 5.92 Å². The molecule has 1 aliphatic rings. The Balaban J connectivity index is 1.32. The van der Waals surface area contributed by atoms with E-state index in [9.17, 15) is 13.2 Å². The minimum absolute atomic E-state index is 0.0458. The van der Waals surface area contributed by atoms with Gasteiger partial charge in [-0.2, -0.15) is 0 Å². The highest BCUT2D eigenvalue weighted by Crippen LogP contribution is 2.28. The maximum Gasteiger partial charge on any atom is 0.229 e. The van der Waals surface area contributed by atoms with Crippen LogP contribution in [0.2, 0.25) is 0 Å². The number of piperidine rings is 1. The predicted molar refractivity (Wildman–Crippen MR) is 130 cm³/mol. The predicted octanol–water partition coefficient (Wildman–Crippen LogP) is 4.46. The fourth-order valence-corrected chi connectivity index (χ4v) is 6.37. The maximum absolute atomic E-state index is 12.8. The Morgan fingerprint density at radius 1 is 1.16 bits per heavy atom. The minimum Gasteiger partial charge on any atom is -0.300 e. The Morgan fingerprint density at radius 2 is 1.88 bits per heavy atom. The van der Waals surface area contributed by atoms with Crippen LogP contribution in [-0.4, -0.2) is 41.9 Å². The molecule has 0 unspecified atom stereocenters. The van der Waals surface area contributed by atoms with Gasteiger partial charge in [-0.25, -0.2) is 12.7 Å². The summed E-state index contributed by atoms with van der Waals surface area (Å²) >= 11 is 4.70. The number of nitrogens with one attached hydrogen (secondary N) is 1. The number of halogens is 1. The van der Waals surface area contributed by atoms with Crippen molar-refractivity contribution in [2.45, 2.75) is 25.5 Å². The number of rotatable bonds is 6. The molecule has 0 bridgehead atoms. The first-order valence-electron chi connectivity index (χ1n) is 10.2. The lowest BCUT2D eigenvalue weighted by Crippen LogP contribution is -2.41. The summed E-state index contributed by atoms with van der Waals surface area (Å²) in [5.41, 5.74) is 2.86. The van der Waals surface area contributed by atoms with Crippen LogP contribution in [0.15, 0.2) is 53.0 Å². The standard InChI is InChI=1S/C22H23BrN4O3S2/c1-15-5-7-18(8-6-15)21-25-26-22(31-21)24-20(28)17-9-11-27(12-10-17)32(29,30)14-16-3-2-4-19(23)13-16/h2-8,13,17H,9-12,14H2,1H3,(H,24,26,28). The van der Waals surface area contributed by atoms with Crippen LogP contribution in [0.1, 0.15) is 24.0 Å². The number of carbonyl (C=O) groups excluding carboxylic acids is 1. The molecule has 0 atom stereocenters. The van der Waals surface area contributed by atoms with Gasteiger partial charge < -0.3 is 5.32 Å². The van der Waals surface area contributed by atoms with E-state index < -0.39 is 10.0 Å². The van der Waals surface area contributed by atoms with Crippen LogP contribution in [0.25, 0.3) is 10.6 Å². The van der Waals surface area contributed by atoms with Gasteiger partial charge in [-0.3, -0.25) is 4.79 Å². The third-order valence-electron chi connectivity index (χ3n) is 5.41. The van der Waals surface area contributed by atoms with Gasteiger partial charge in [-0.05, 0) is 37.5 Å². The summed E-state index contributed by atoms with van der Waals surface area (Å²) in [6.45, 7) is 2.69. The van der Waals surface area contributed by atoms with Crippen molar-refractivity contribution in [1.29, 1.82) is 0 Å². The molecule has 1 aliphatic heterocycles. The van der Waals surface area contributed by atoms with Crippen molar-refractivity contribution >= 4 is 48.3 Å². The van der Waals surface area contributed by atoms with Crippen LogP contribution >= 0.6 is 27.3 Å². The van der Waals surface area contributed by atoms with Crippen LogP contribution < -0.4 is 5.32 Å². The second-order valence-electron chi connectivity index (χ2n) is 7.83. The summed E-state index contributed by atoms with van der Waals surface area (Å²) in [4.78, 5) is 12.7. The van der Waals surface area contributed by atoms with Gasteiger partial charge in [-0.1, -0.05) is 69.2 Å². The quantitative estimate of drug-likeness (QED) is 0.504. The summed E-state index contributed by atoms with van der Waals surface area (Å²) in [6, 6.07) is 15.3. The molecule has 0 aliphatic carbocycles. The molecule has 1 N–H and O–H groups in total. The normalized spacial score (nSPS) is 15.6. The summed E-state index contributed by atoms with van der Waals surface area (Å²) in [5, 5.41) is 12.3. The average Bonchev–Trinajstić information content (AvgIpc) is 3.22. The topological polar surface area (TPSA) is 92.3 Å². The van der Waals surface area contributed by atoms with Crippen molar-refractivity contribution in [3.63, 3.8) is 0 Å². The summed E-state index contributed by atoms with van der Waals surface area (Å²) in [6.07, 6.45) is 0.959. The smallest absolute Gasteiger partial charge is 0.229 e. The highest BCUT2D eigenvalue weighted by atomic mass is 79.9. The molecule has 1 fully saturated rings. The van der Waals surface area contributed by atoms with E-state index in [0.29, 0.717) is 31.1 Å². The fourth-order valence-electron chi connectivity index (χ4n) is 3.62. The zero-order chi connectivity index (χ0) is 22.7. The van der Waals surface area contributed by atoms with Crippen molar-refractivity contribution < 1.29 is 13.2 Å². The molecular weight excluding hydrogens is 512 g/mol. The molecule has 168 valence electrons. The number of benzene rings is 2. The van der Waals surface area contributed by atoms with Crippen LogP contribution in [0.5, 0.6) is 0 Å². The molecule has 7 nitrogen and oxygen atoms in total. The van der Waals surface area contributed by atoms with Crippen molar-refractivity contribution in [3.8, 4) is 10.6 Å². The van der Waals surface area contributed by atoms with E-state index in [0.717, 1.165) is 26.2 Å². The first-order chi connectivity index (χ1) is 15.3. The summed E-state index contributed by atoms with van der Waals surface area (Å²) in [5.74, 6) is -0.435. The van der Waals surface area contributed by atoms with Gasteiger partial charge in [0.15, 0.2) is 0 Å². The van der Waals surface area contributed by atoms with Crippen molar-refractivity contribution in [2.75, 3.05) is 18.4 Å². The highest BCUT2D eigenvalue weighted by Gasteiger charge is 2.31. The molecule has 2 heterocycles. The Morgan fingerprint density at radius 3 is 2.56 bits per heavy atom. The summed E-state index contributed by atoms with van der Waals surface area (Å²) in [7, 11) is -3.43. The first kappa shape index (κ1) is 23.0. The molecule has 0 saturated carbocycles. The van der Waals surface area contributed by atoms with E-state index in [1.54, 1.807) is 6.07 Å². The number of nitrogens with zero attached hydrogens (tertiary/aromatic N) is 3. The third kappa shape index (κ3) is 5.61. The molecule has 0 spiro atoms. The summed E-state index contributed by atoms with van der Waals surface area (Å²) < 4.78 is 27.9. The van der Waals surface area contributed by atoms with E-state index in [1.165, 1.54) is 15.6 Å². The molecule has 10 heteroatoms. The number of amides is 1. The number of hydrogen-bond donors (Lipinski definition) is 1. The SMILES string of the molecule is Cc1ccc(-c2nnc(NC(=O)C3CCN(S(=O)(=O)Cc4cccc(Br)c4)CC3)s2)cc1. The van der Waals surface area contributed by atoms with Crippen LogP contribution in [-0.2, 0) is 20.6 Å². The Kier molecular flexibility index (Phi) is 7.04. The van der Waals surface area contributed by atoms with Gasteiger partial charge in [0.25, 0.3) is 0 Å². The molecule has 32 heavy (non-hydrogen) atoms. The molecule has 2 aromatic carbocycles. The maximum atomic E-state index is 12.8. The highest BCUT2D eigenvalue weighted by molar-refractivity contribution is 9.10. The van der Waals surface area contributed by atoms with Crippen molar-refractivity contribution in [3.05, 3.63) is 64.1 Å². The number of anilines is 1. The number of aromatic nitrogens is 2. The van der Waals surface area contributed by atoms with Gasteiger partial charge in [0.2, 0.25) is 21.1 Å². The monoisotopic (exact) mass is 534 g/mol. The largest absolute Gasteiger partial charge is 0.300 e. The molecular formula is C22H23BrN4O3S2. The van der Waals surface area contributed by atoms with Gasteiger partial charge in [0.1, 0.15) is 5.01 Å². The lowest BCUT2D eigenvalue weighted by Gasteiger charge is -2.30. The van der Waals surface area contributed by atoms with E-state index in [-0.39, 0.29) is 17.6 Å². The van der Waals surface area contributed by atoms with Gasteiger partial charge in [0, 0.05) is 29.0 Å². The lowest BCUT2D eigenvalue weighted by atomic mass is 9.97. The molecule has 1 aromatic heterocycles. The minimum atomic E-state index is -3.43. The van der Waals surface area contributed by atoms with Crippen molar-refractivity contribution in [1.82, 2.24) is 14.5 Å². The third-order valence-corrected chi connectivity index (χ3v) is 8.64. The number of sulfonamides is 1. The number of carbonyl (C=O) groups is 1. The second kappa shape index (κ2) is 9.78. The van der Waals surface area contributed by atoms with Gasteiger partial charge in [-0.15, -0.1) is 10.2 Å². The van der Waals surface area contributed by atoms with Crippen LogP contribution in [0.3, 0.4) is 0 Å². The Hall–Kier alpha value is -2.14. The molecule has 4 rings (SSSR count). The van der Waals surface area contributed by atoms with E-state index in [1.807, 2.05) is 49.4 Å². The van der Waals surface area contributed by atoms with Gasteiger partial charge in [0.05, 0.1) is 5.75 Å². The molecule has 1 saturated heterocycles. The average molecular weight is 535 g/mol. The second-order valence-corrected chi connectivity index (χ2v) is 11.7. The zero-order valence-corrected chi connectivity index (χ0v) is 20.7. The van der Waals surface area contributed by atoms with Crippen LogP contribution in [0.4, 0.5) is 5.13 Å². The zero-order valence-electron chi connectivity index (χ0n) is 17.5. The van der Waals surface area contributed by atoms with E-state index in [4.69, 9.17) is 0 Å². The lowest BCUT2D eigenvalue weighted by molar-refractivity contribution is -0.120. The molecule has 3 aromatic rings. The molecule has 1 amide bonds. The number of hydrogen-bond acceptors (Lipinski definition) is 6. The van der Waals surface area contributed by atoms with E-state index in [2.05, 4.69) is 31.4 Å². The fraction of sp³-hybridized carbons (Fsp3) is 0.318. The van der Waals surface area contributed by atoms with Gasteiger partial charge >= 0.3 is 0 Å². The number of aryl methyl sites for hydroxylation is 1. The van der Waals surface area contributed by atoms with E-state index >= 15 is 0 Å². The Labute approximate surface area is 200 Å². The van der Waals surface area contributed by atoms with Crippen LogP contribution in [0, 0.1) is 12.8 Å². The Bertz CT molecular complexity index is 1200. The first-order valence-corrected chi connectivity index (χ1v) is 13.5.